The van der Waals surface area contributed by atoms with E-state index in [4.69, 9.17) is 4.98 Å². The molecule has 0 fully saturated rings. The summed E-state index contributed by atoms with van der Waals surface area (Å²) < 4.78 is 28.4. The minimum absolute atomic E-state index is 0. The Morgan fingerprint density at radius 2 is 1.38 bits per heavy atom. The van der Waals surface area contributed by atoms with Gasteiger partial charge >= 0.3 is 0 Å². The van der Waals surface area contributed by atoms with Crippen molar-refractivity contribution in [1.29, 1.82) is 0 Å². The van der Waals surface area contributed by atoms with Gasteiger partial charge in [0, 0.05) is 30.4 Å². The van der Waals surface area contributed by atoms with E-state index in [0.29, 0.717) is 17.4 Å². The van der Waals surface area contributed by atoms with Crippen LogP contribution in [0.3, 0.4) is 0 Å². The van der Waals surface area contributed by atoms with Gasteiger partial charge < -0.3 is 15.5 Å². The summed E-state index contributed by atoms with van der Waals surface area (Å²) in [4.78, 5) is 11.9. The van der Waals surface area contributed by atoms with E-state index >= 15 is 0 Å². The number of halogens is 1. The first-order chi connectivity index (χ1) is 18.4. The normalized spacial score (nSPS) is 11.6. The third-order valence-corrected chi connectivity index (χ3v) is 7.91. The van der Waals surface area contributed by atoms with Crippen LogP contribution in [0.15, 0.2) is 71.6 Å². The Labute approximate surface area is 238 Å². The summed E-state index contributed by atoms with van der Waals surface area (Å²) in [5.41, 5.74) is 0.915. The molecule has 0 amide bonds. The number of fused-ring (bicyclic) bond motifs is 2. The van der Waals surface area contributed by atoms with E-state index in [-0.39, 0.29) is 12.4 Å². The van der Waals surface area contributed by atoms with Crippen LogP contribution in [0.4, 0.5) is 11.8 Å². The van der Waals surface area contributed by atoms with Crippen molar-refractivity contribution in [2.75, 3.05) is 50.9 Å². The predicted octanol–water partition coefficient (Wildman–Crippen LogP) is 5.52. The van der Waals surface area contributed by atoms with Gasteiger partial charge in [-0.1, -0.05) is 61.4 Å². The van der Waals surface area contributed by atoms with E-state index in [2.05, 4.69) is 39.3 Å². The molecular formula is C29H39ClN6O2S. The monoisotopic (exact) mass is 570 g/mol. The second kappa shape index (κ2) is 15.0. The number of anilines is 2. The molecule has 8 nitrogen and oxygen atoms in total. The van der Waals surface area contributed by atoms with Crippen LogP contribution in [0.25, 0.3) is 21.7 Å². The van der Waals surface area contributed by atoms with E-state index < -0.39 is 10.0 Å². The lowest BCUT2D eigenvalue weighted by atomic mass is 10.1. The van der Waals surface area contributed by atoms with Crippen LogP contribution in [0.5, 0.6) is 0 Å². The number of rotatable bonds is 15. The SMILES string of the molecule is CN(C)CCCNc1nc(NCCCCCCNS(=O)(=O)c2cccc3ccccc23)nc2ccccc12.Cl. The minimum Gasteiger partial charge on any atom is -0.369 e. The molecule has 0 spiro atoms. The molecule has 0 saturated carbocycles. The van der Waals surface area contributed by atoms with Crippen molar-refractivity contribution < 1.29 is 8.42 Å². The molecule has 3 N–H and O–H groups in total. The first-order valence-corrected chi connectivity index (χ1v) is 14.8. The van der Waals surface area contributed by atoms with Gasteiger partial charge in [-0.25, -0.2) is 18.1 Å². The third-order valence-electron chi connectivity index (χ3n) is 6.40. The lowest BCUT2D eigenvalue weighted by Crippen LogP contribution is -2.25. The highest BCUT2D eigenvalue weighted by Gasteiger charge is 2.16. The van der Waals surface area contributed by atoms with Gasteiger partial charge in [0.25, 0.3) is 0 Å². The van der Waals surface area contributed by atoms with Gasteiger partial charge in [0.05, 0.1) is 10.4 Å². The fourth-order valence-corrected chi connectivity index (χ4v) is 5.71. The molecule has 0 unspecified atom stereocenters. The molecule has 1 heterocycles. The summed E-state index contributed by atoms with van der Waals surface area (Å²) in [7, 11) is 0.610. The molecular weight excluding hydrogens is 532 g/mol. The molecule has 4 aromatic rings. The molecule has 0 aliphatic heterocycles. The minimum atomic E-state index is -3.54. The van der Waals surface area contributed by atoms with Crippen molar-refractivity contribution in [1.82, 2.24) is 19.6 Å². The number of hydrogen-bond donors (Lipinski definition) is 3. The van der Waals surface area contributed by atoms with Gasteiger partial charge in [-0.3, -0.25) is 0 Å². The smallest absolute Gasteiger partial charge is 0.241 e. The molecule has 0 atom stereocenters. The van der Waals surface area contributed by atoms with Gasteiger partial charge in [0.1, 0.15) is 5.82 Å². The maximum atomic E-state index is 12.8. The summed E-state index contributed by atoms with van der Waals surface area (Å²) in [6.45, 7) is 3.06. The van der Waals surface area contributed by atoms with E-state index in [1.807, 2.05) is 54.6 Å². The van der Waals surface area contributed by atoms with Crippen molar-refractivity contribution >= 4 is 55.9 Å². The van der Waals surface area contributed by atoms with Crippen LogP contribution < -0.4 is 15.4 Å². The quantitative estimate of drug-likeness (QED) is 0.162. The van der Waals surface area contributed by atoms with Crippen molar-refractivity contribution in [3.05, 3.63) is 66.7 Å². The molecule has 39 heavy (non-hydrogen) atoms. The lowest BCUT2D eigenvalue weighted by molar-refractivity contribution is 0.405. The molecule has 0 aliphatic rings. The zero-order chi connectivity index (χ0) is 26.8. The summed E-state index contributed by atoms with van der Waals surface area (Å²) in [5, 5.41) is 9.52. The van der Waals surface area contributed by atoms with Crippen LogP contribution in [0.2, 0.25) is 0 Å². The zero-order valence-corrected chi connectivity index (χ0v) is 24.3. The topological polar surface area (TPSA) is 99.2 Å². The molecule has 0 aliphatic carbocycles. The van der Waals surface area contributed by atoms with Crippen molar-refractivity contribution in [3.63, 3.8) is 0 Å². The molecule has 4 rings (SSSR count). The van der Waals surface area contributed by atoms with Crippen LogP contribution in [0, 0.1) is 0 Å². The number of nitrogens with zero attached hydrogens (tertiary/aromatic N) is 3. The van der Waals surface area contributed by atoms with Crippen LogP contribution in [0.1, 0.15) is 32.1 Å². The number of para-hydroxylation sites is 1. The van der Waals surface area contributed by atoms with E-state index in [9.17, 15) is 8.42 Å². The Morgan fingerprint density at radius 3 is 2.18 bits per heavy atom. The maximum Gasteiger partial charge on any atom is 0.241 e. The summed E-state index contributed by atoms with van der Waals surface area (Å²) in [6.07, 6.45) is 4.71. The first kappa shape index (κ1) is 30.6. The van der Waals surface area contributed by atoms with Gasteiger partial charge in [-0.15, -0.1) is 12.4 Å². The first-order valence-electron chi connectivity index (χ1n) is 13.3. The fourth-order valence-electron chi connectivity index (χ4n) is 4.41. The number of sulfonamides is 1. The van der Waals surface area contributed by atoms with E-state index in [1.54, 1.807) is 12.1 Å². The number of benzene rings is 3. The standard InChI is InChI=1S/C29H38N6O2S.ClH/c1-35(2)22-12-20-30-28-25-16-7-8-17-26(25)33-29(34-28)31-19-9-3-4-10-21-32-38(36,37)27-18-11-14-23-13-5-6-15-24(23)27;/h5-8,11,13-18,32H,3-4,9-10,12,19-22H2,1-2H3,(H2,30,31,33,34);1H. The van der Waals surface area contributed by atoms with Gasteiger partial charge in [-0.05, 0) is 63.5 Å². The number of nitrogens with one attached hydrogen (secondary N) is 3. The zero-order valence-electron chi connectivity index (χ0n) is 22.7. The summed E-state index contributed by atoms with van der Waals surface area (Å²) in [5.74, 6) is 1.48. The molecule has 0 saturated heterocycles. The van der Waals surface area contributed by atoms with Crippen LogP contribution in [-0.4, -0.2) is 63.6 Å². The Kier molecular flexibility index (Phi) is 11.7. The highest BCUT2D eigenvalue weighted by atomic mass is 35.5. The number of hydrogen-bond acceptors (Lipinski definition) is 7. The van der Waals surface area contributed by atoms with Gasteiger partial charge in [-0.2, -0.15) is 4.98 Å². The number of unbranched alkanes of at least 4 members (excludes halogenated alkanes) is 3. The largest absolute Gasteiger partial charge is 0.369 e. The molecule has 0 bridgehead atoms. The third kappa shape index (κ3) is 8.76. The molecule has 1 aromatic heterocycles. The Bertz CT molecular complexity index is 1440. The Morgan fingerprint density at radius 1 is 0.718 bits per heavy atom. The lowest BCUT2D eigenvalue weighted by Gasteiger charge is -2.13. The van der Waals surface area contributed by atoms with Crippen LogP contribution in [-0.2, 0) is 10.0 Å². The Balaban J connectivity index is 0.00000420. The average molecular weight is 571 g/mol. The second-order valence-corrected chi connectivity index (χ2v) is 11.4. The van der Waals surface area contributed by atoms with E-state index in [1.165, 1.54) is 0 Å². The average Bonchev–Trinajstić information content (AvgIpc) is 2.92. The molecule has 0 radical (unpaired) electrons. The highest BCUT2D eigenvalue weighted by molar-refractivity contribution is 7.89. The van der Waals surface area contributed by atoms with Crippen LogP contribution >= 0.6 is 12.4 Å². The van der Waals surface area contributed by atoms with Gasteiger partial charge in [0.2, 0.25) is 16.0 Å². The summed E-state index contributed by atoms with van der Waals surface area (Å²) in [6, 6.07) is 21.0. The van der Waals surface area contributed by atoms with Gasteiger partial charge in [0.15, 0.2) is 0 Å². The fraction of sp³-hybridized carbons (Fsp3) is 0.379. The Hall–Kier alpha value is -2.98. The number of aromatic nitrogens is 2. The van der Waals surface area contributed by atoms with Crippen molar-refractivity contribution in [2.24, 2.45) is 0 Å². The molecule has 10 heteroatoms. The summed E-state index contributed by atoms with van der Waals surface area (Å²) >= 11 is 0. The van der Waals surface area contributed by atoms with Crippen molar-refractivity contribution in [2.45, 2.75) is 37.0 Å². The van der Waals surface area contributed by atoms with E-state index in [0.717, 1.165) is 79.2 Å². The van der Waals surface area contributed by atoms with Crippen molar-refractivity contribution in [3.8, 4) is 0 Å². The molecule has 3 aromatic carbocycles. The molecule has 210 valence electrons. The maximum absolute atomic E-state index is 12.8. The second-order valence-electron chi connectivity index (χ2n) is 9.71. The highest BCUT2D eigenvalue weighted by Crippen LogP contribution is 2.23. The predicted molar refractivity (Wildman–Crippen MR) is 165 cm³/mol.